The van der Waals surface area contributed by atoms with Gasteiger partial charge in [-0.2, -0.15) is 10.5 Å². The van der Waals surface area contributed by atoms with Gasteiger partial charge in [-0.05, 0) is 71.9 Å². The maximum Gasteiger partial charge on any atom is 0.153 e. The molecule has 0 saturated heterocycles. The predicted octanol–water partition coefficient (Wildman–Crippen LogP) is 6.83. The minimum Gasteiger partial charge on any atom is -0.469 e. The monoisotopic (exact) mass is 404 g/mol. The third kappa shape index (κ3) is 3.37. The minimum atomic E-state index is -1.04. The summed E-state index contributed by atoms with van der Waals surface area (Å²) in [4.78, 5) is 0. The summed E-state index contributed by atoms with van der Waals surface area (Å²) in [6.07, 6.45) is 4.90. The molecule has 3 heteroatoms. The first-order valence-corrected chi connectivity index (χ1v) is 10.9. The minimum absolute atomic E-state index is 0.186. The second kappa shape index (κ2) is 7.93. The molecule has 2 aliphatic rings. The number of benzene rings is 2. The lowest BCUT2D eigenvalue weighted by Crippen LogP contribution is -2.39. The third-order valence-electron chi connectivity index (χ3n) is 7.21. The Morgan fingerprint density at radius 1 is 0.742 bits per heavy atom. The van der Waals surface area contributed by atoms with Gasteiger partial charge in [0, 0.05) is 5.92 Å². The van der Waals surface area contributed by atoms with E-state index in [4.69, 9.17) is 4.42 Å². The van der Waals surface area contributed by atoms with Crippen molar-refractivity contribution in [3.63, 3.8) is 0 Å². The van der Waals surface area contributed by atoms with Crippen LogP contribution in [0.25, 0.3) is 11.1 Å². The van der Waals surface area contributed by atoms with Gasteiger partial charge in [-0.3, -0.25) is 0 Å². The molecule has 31 heavy (non-hydrogen) atoms. The zero-order valence-corrected chi connectivity index (χ0v) is 17.4. The van der Waals surface area contributed by atoms with E-state index in [1.165, 1.54) is 22.3 Å². The highest BCUT2D eigenvalue weighted by atomic mass is 16.3. The zero-order chi connectivity index (χ0) is 21.3. The molecule has 1 fully saturated rings. The molecule has 3 aromatic rings. The Labute approximate surface area is 183 Å². The van der Waals surface area contributed by atoms with E-state index >= 15 is 0 Å². The normalized spacial score (nSPS) is 24.6. The highest BCUT2D eigenvalue weighted by molar-refractivity contribution is 5.92. The highest BCUT2D eigenvalue weighted by Gasteiger charge is 2.51. The molecular formula is C28H24N2O. The lowest BCUT2D eigenvalue weighted by Gasteiger charge is -2.45. The summed E-state index contributed by atoms with van der Waals surface area (Å²) in [5, 5.41) is 20.2. The molecule has 3 atom stereocenters. The Kier molecular flexibility index (Phi) is 4.97. The van der Waals surface area contributed by atoms with Crippen molar-refractivity contribution in [2.45, 2.75) is 31.6 Å². The van der Waals surface area contributed by atoms with E-state index in [0.29, 0.717) is 18.3 Å². The number of nitriles is 2. The molecule has 0 amide bonds. The highest BCUT2D eigenvalue weighted by Crippen LogP contribution is 2.57. The van der Waals surface area contributed by atoms with Crippen molar-refractivity contribution in [1.82, 2.24) is 0 Å². The SMILES string of the molecule is N#CC1(C#N)C[C@@H]2CC(c3ccccc3)=C(c3ccccc3)C[C@@H]2C[C@H]1c1ccco1. The van der Waals surface area contributed by atoms with Gasteiger partial charge in [-0.25, -0.2) is 0 Å². The molecule has 1 aromatic heterocycles. The molecule has 0 bridgehead atoms. The van der Waals surface area contributed by atoms with E-state index in [0.717, 1.165) is 25.0 Å². The molecule has 0 N–H and O–H groups in total. The van der Waals surface area contributed by atoms with Crippen molar-refractivity contribution >= 4 is 11.1 Å². The molecule has 0 spiro atoms. The van der Waals surface area contributed by atoms with E-state index in [1.807, 2.05) is 18.2 Å². The van der Waals surface area contributed by atoms with E-state index in [2.05, 4.69) is 66.7 Å². The second-order valence-corrected chi connectivity index (χ2v) is 8.82. The number of allylic oxidation sites excluding steroid dienone is 2. The van der Waals surface area contributed by atoms with Gasteiger partial charge in [0.05, 0.1) is 18.4 Å². The van der Waals surface area contributed by atoms with Crippen LogP contribution in [0, 0.1) is 39.9 Å². The topological polar surface area (TPSA) is 60.7 Å². The lowest BCUT2D eigenvalue weighted by molar-refractivity contribution is 0.130. The van der Waals surface area contributed by atoms with Gasteiger partial charge >= 0.3 is 0 Å². The van der Waals surface area contributed by atoms with Crippen LogP contribution in [0.3, 0.4) is 0 Å². The fourth-order valence-electron chi connectivity index (χ4n) is 5.66. The van der Waals surface area contributed by atoms with Gasteiger partial charge in [-0.1, -0.05) is 60.7 Å². The first kappa shape index (κ1) is 19.4. The summed E-state index contributed by atoms with van der Waals surface area (Å²) in [5.74, 6) is 1.32. The molecule has 0 aliphatic heterocycles. The molecule has 152 valence electrons. The Balaban J connectivity index is 1.59. The van der Waals surface area contributed by atoms with E-state index in [1.54, 1.807) is 6.26 Å². The molecule has 5 rings (SSSR count). The van der Waals surface area contributed by atoms with Crippen LogP contribution < -0.4 is 0 Å². The van der Waals surface area contributed by atoms with Crippen molar-refractivity contribution in [2.24, 2.45) is 17.3 Å². The lowest BCUT2D eigenvalue weighted by atomic mass is 9.55. The number of rotatable bonds is 3. The number of furan rings is 1. The smallest absolute Gasteiger partial charge is 0.153 e. The van der Waals surface area contributed by atoms with Gasteiger partial charge < -0.3 is 4.42 Å². The number of hydrogen-bond donors (Lipinski definition) is 0. The van der Waals surface area contributed by atoms with Crippen molar-refractivity contribution in [1.29, 1.82) is 10.5 Å². The van der Waals surface area contributed by atoms with Crippen molar-refractivity contribution in [3.8, 4) is 12.1 Å². The van der Waals surface area contributed by atoms with Crippen LogP contribution in [-0.4, -0.2) is 0 Å². The summed E-state index contributed by atoms with van der Waals surface area (Å²) in [5.41, 5.74) is 4.23. The standard InChI is InChI=1S/C28H24N2O/c29-18-28(19-30)17-23-15-25(21-10-5-2-6-11-21)24(20-8-3-1-4-9-20)14-22(23)16-26(28)27-12-7-13-31-27/h1-13,22-23,26H,14-17H2/t22-,23+,26+/m1/s1. The van der Waals surface area contributed by atoms with E-state index in [-0.39, 0.29) is 5.92 Å². The maximum atomic E-state index is 10.1. The van der Waals surface area contributed by atoms with E-state index in [9.17, 15) is 10.5 Å². The average molecular weight is 405 g/mol. The van der Waals surface area contributed by atoms with Gasteiger partial charge in [0.15, 0.2) is 5.41 Å². The van der Waals surface area contributed by atoms with Crippen LogP contribution in [0.1, 0.15) is 48.5 Å². The van der Waals surface area contributed by atoms with Gasteiger partial charge in [0.1, 0.15) is 5.76 Å². The van der Waals surface area contributed by atoms with Crippen molar-refractivity contribution in [2.75, 3.05) is 0 Å². The molecule has 0 radical (unpaired) electrons. The molecule has 3 nitrogen and oxygen atoms in total. The van der Waals surface area contributed by atoms with E-state index < -0.39 is 5.41 Å². The summed E-state index contributed by atoms with van der Waals surface area (Å²) < 4.78 is 5.70. The predicted molar refractivity (Wildman–Crippen MR) is 120 cm³/mol. The Morgan fingerprint density at radius 3 is 1.84 bits per heavy atom. The maximum absolute atomic E-state index is 10.1. The largest absolute Gasteiger partial charge is 0.469 e. The Morgan fingerprint density at radius 2 is 1.32 bits per heavy atom. The Bertz CT molecular complexity index is 1150. The second-order valence-electron chi connectivity index (χ2n) is 8.82. The van der Waals surface area contributed by atoms with Crippen LogP contribution in [0.15, 0.2) is 83.5 Å². The van der Waals surface area contributed by atoms with Crippen molar-refractivity contribution < 1.29 is 4.42 Å². The Hall–Kier alpha value is -3.56. The molecular weight excluding hydrogens is 380 g/mol. The molecule has 0 unspecified atom stereocenters. The van der Waals surface area contributed by atoms with Crippen LogP contribution in [0.4, 0.5) is 0 Å². The number of fused-ring (bicyclic) bond motifs is 1. The number of hydrogen-bond acceptors (Lipinski definition) is 3. The van der Waals surface area contributed by atoms with Crippen LogP contribution >= 0.6 is 0 Å². The van der Waals surface area contributed by atoms with Crippen molar-refractivity contribution in [3.05, 3.63) is 95.9 Å². The van der Waals surface area contributed by atoms with Gasteiger partial charge in [0.25, 0.3) is 0 Å². The third-order valence-corrected chi connectivity index (χ3v) is 7.21. The van der Waals surface area contributed by atoms with Crippen LogP contribution in [0.2, 0.25) is 0 Å². The van der Waals surface area contributed by atoms with Gasteiger partial charge in [0.2, 0.25) is 0 Å². The molecule has 2 aliphatic carbocycles. The fourth-order valence-corrected chi connectivity index (χ4v) is 5.66. The summed E-state index contributed by atoms with van der Waals surface area (Å²) in [7, 11) is 0. The molecule has 1 saturated carbocycles. The summed E-state index contributed by atoms with van der Waals surface area (Å²) in [6.45, 7) is 0. The zero-order valence-electron chi connectivity index (χ0n) is 17.4. The first-order chi connectivity index (χ1) is 15.2. The number of nitrogens with zero attached hydrogens (tertiary/aromatic N) is 2. The average Bonchev–Trinajstić information content (AvgIpc) is 3.38. The first-order valence-electron chi connectivity index (χ1n) is 10.9. The summed E-state index contributed by atoms with van der Waals surface area (Å²) >= 11 is 0. The van der Waals surface area contributed by atoms with Crippen LogP contribution in [0.5, 0.6) is 0 Å². The molecule has 2 aromatic carbocycles. The molecule has 1 heterocycles. The summed E-state index contributed by atoms with van der Waals surface area (Å²) in [6, 6.07) is 29.8. The fraction of sp³-hybridized carbons (Fsp3) is 0.286. The van der Waals surface area contributed by atoms with Gasteiger partial charge in [-0.15, -0.1) is 0 Å². The van der Waals surface area contributed by atoms with Crippen LogP contribution in [-0.2, 0) is 0 Å². The quantitative estimate of drug-likeness (QED) is 0.481.